The monoisotopic (exact) mass is 791 g/mol. The maximum Gasteiger partial charge on any atom is 0.272 e. The number of aryl methyl sites for hydroxylation is 1. The number of aromatic nitrogens is 2. The van der Waals surface area contributed by atoms with Crippen LogP contribution in [0, 0.1) is 30.0 Å². The number of imide groups is 2. The van der Waals surface area contributed by atoms with Gasteiger partial charge < -0.3 is 19.9 Å². The van der Waals surface area contributed by atoms with Gasteiger partial charge in [-0.05, 0) is 106 Å². The lowest BCUT2D eigenvalue weighted by Gasteiger charge is -2.39. The van der Waals surface area contributed by atoms with E-state index in [0.717, 1.165) is 86.3 Å². The summed E-state index contributed by atoms with van der Waals surface area (Å²) in [5.74, 6) is -1.37. The molecule has 2 N–H and O–H groups in total. The average Bonchev–Trinajstić information content (AvgIpc) is 3.46. The van der Waals surface area contributed by atoms with Crippen molar-refractivity contribution in [3.05, 3.63) is 76.2 Å². The van der Waals surface area contributed by atoms with Crippen LogP contribution in [0.1, 0.15) is 93.7 Å². The number of anilines is 2. The molecule has 15 nitrogen and oxygen atoms in total. The Kier molecular flexibility index (Phi) is 11.1. The first-order chi connectivity index (χ1) is 28.0. The van der Waals surface area contributed by atoms with Gasteiger partial charge in [0.05, 0.1) is 34.6 Å². The number of hydrogen-bond acceptors (Lipinski definition) is 12. The number of amides is 5. The largest absolute Gasteiger partial charge is 0.490 e. The molecule has 5 amide bonds. The molecule has 3 aromatic rings. The number of carbonyl (C=O) groups is 5. The molecule has 4 fully saturated rings. The van der Waals surface area contributed by atoms with E-state index in [1.54, 1.807) is 12.1 Å². The minimum atomic E-state index is -1.10. The first kappa shape index (κ1) is 38.9. The molecule has 1 aromatic heterocycles. The number of fused-ring (bicyclic) bond motifs is 1. The maximum atomic E-state index is 15.4. The number of nitriles is 1. The minimum absolute atomic E-state index is 0.0149. The van der Waals surface area contributed by atoms with E-state index in [1.165, 1.54) is 6.07 Å². The van der Waals surface area contributed by atoms with Crippen LogP contribution in [0.2, 0.25) is 0 Å². The summed E-state index contributed by atoms with van der Waals surface area (Å²) in [7, 11) is 0. The molecule has 302 valence electrons. The van der Waals surface area contributed by atoms with Gasteiger partial charge in [0.25, 0.3) is 17.7 Å². The van der Waals surface area contributed by atoms with E-state index in [1.807, 2.05) is 30.0 Å². The highest BCUT2D eigenvalue weighted by Crippen LogP contribution is 2.34. The fourth-order valence-electron chi connectivity index (χ4n) is 8.83. The number of piperidine rings is 2. The van der Waals surface area contributed by atoms with Gasteiger partial charge in [-0.1, -0.05) is 0 Å². The van der Waals surface area contributed by atoms with Gasteiger partial charge in [-0.15, -0.1) is 10.2 Å². The van der Waals surface area contributed by atoms with Crippen molar-refractivity contribution < 1.29 is 33.1 Å². The number of piperazine rings is 1. The Morgan fingerprint density at radius 3 is 2.26 bits per heavy atom. The van der Waals surface area contributed by atoms with Gasteiger partial charge in [0.15, 0.2) is 11.5 Å². The fraction of sp³-hybridized carbons (Fsp3) is 0.476. The molecule has 1 saturated carbocycles. The zero-order valence-corrected chi connectivity index (χ0v) is 32.4. The Balaban J connectivity index is 0.764. The Morgan fingerprint density at radius 2 is 1.60 bits per heavy atom. The molecular weight excluding hydrogens is 746 g/mol. The Morgan fingerprint density at radius 1 is 0.879 bits per heavy atom. The van der Waals surface area contributed by atoms with Gasteiger partial charge in [0.1, 0.15) is 17.6 Å². The Bertz CT molecular complexity index is 2150. The molecule has 2 aromatic carbocycles. The van der Waals surface area contributed by atoms with Gasteiger partial charge in [0, 0.05) is 58.3 Å². The smallest absolute Gasteiger partial charge is 0.272 e. The van der Waals surface area contributed by atoms with Crippen LogP contribution in [0.25, 0.3) is 0 Å². The van der Waals surface area contributed by atoms with Gasteiger partial charge in [-0.3, -0.25) is 39.1 Å². The lowest BCUT2D eigenvalue weighted by molar-refractivity contribution is -0.136. The van der Waals surface area contributed by atoms with Crippen LogP contribution < -0.4 is 25.2 Å². The van der Waals surface area contributed by atoms with Gasteiger partial charge in [-0.25, -0.2) is 4.39 Å². The molecule has 1 aliphatic carbocycles. The summed E-state index contributed by atoms with van der Waals surface area (Å²) in [5, 5.41) is 23.1. The quantitative estimate of drug-likeness (QED) is 0.302. The van der Waals surface area contributed by atoms with Crippen LogP contribution >= 0.6 is 0 Å². The third-order valence-electron chi connectivity index (χ3n) is 12.2. The fourth-order valence-corrected chi connectivity index (χ4v) is 8.83. The van der Waals surface area contributed by atoms with Crippen molar-refractivity contribution in [2.75, 3.05) is 55.6 Å². The van der Waals surface area contributed by atoms with Crippen molar-refractivity contribution in [2.24, 2.45) is 5.92 Å². The number of nitrogens with zero attached hydrogens (tertiary/aromatic N) is 7. The van der Waals surface area contributed by atoms with Crippen LogP contribution in [0.4, 0.5) is 15.9 Å². The van der Waals surface area contributed by atoms with Crippen molar-refractivity contribution in [1.82, 2.24) is 30.6 Å². The second-order valence-electron chi connectivity index (χ2n) is 15.9. The normalized spacial score (nSPS) is 23.1. The molecular formula is C42H46FN9O6. The third-order valence-corrected chi connectivity index (χ3v) is 12.2. The van der Waals surface area contributed by atoms with Gasteiger partial charge >= 0.3 is 0 Å². The van der Waals surface area contributed by atoms with Crippen molar-refractivity contribution in [3.8, 4) is 11.8 Å². The summed E-state index contributed by atoms with van der Waals surface area (Å²) in [6.07, 6.45) is 5.30. The van der Waals surface area contributed by atoms with E-state index in [0.29, 0.717) is 43.4 Å². The highest BCUT2D eigenvalue weighted by Gasteiger charge is 2.45. The van der Waals surface area contributed by atoms with E-state index in [2.05, 4.69) is 36.7 Å². The number of benzene rings is 2. The number of hydrogen-bond donors (Lipinski definition) is 2. The van der Waals surface area contributed by atoms with Crippen LogP contribution in [0.5, 0.6) is 5.75 Å². The SMILES string of the molecule is Cc1cc(O[C@H]2CC[C@H](NC(=O)c3ccc(N4CCC(CN5CCN(c6cc7c(cc6F)C(=O)N(C6CCC(=O)NC6=O)C7=O)CC5)CC4)nn3)CC2)ccc1C#N. The zero-order valence-electron chi connectivity index (χ0n) is 32.4. The topological polar surface area (TPSA) is 181 Å². The summed E-state index contributed by atoms with van der Waals surface area (Å²) in [5.41, 5.74) is 2.08. The highest BCUT2D eigenvalue weighted by molar-refractivity contribution is 6.23. The zero-order chi connectivity index (χ0) is 40.5. The molecule has 3 saturated heterocycles. The summed E-state index contributed by atoms with van der Waals surface area (Å²) in [4.78, 5) is 70.7. The maximum absolute atomic E-state index is 15.4. The molecule has 58 heavy (non-hydrogen) atoms. The van der Waals surface area contributed by atoms with Crippen molar-refractivity contribution in [3.63, 3.8) is 0 Å². The molecule has 0 bridgehead atoms. The highest BCUT2D eigenvalue weighted by atomic mass is 19.1. The van der Waals surface area contributed by atoms with E-state index in [4.69, 9.17) is 10.00 Å². The molecule has 16 heteroatoms. The average molecular weight is 792 g/mol. The van der Waals surface area contributed by atoms with E-state index < -0.39 is 35.5 Å². The number of ether oxygens (including phenoxy) is 1. The molecule has 4 aliphatic heterocycles. The molecule has 1 unspecified atom stereocenters. The van der Waals surface area contributed by atoms with E-state index in [-0.39, 0.29) is 47.7 Å². The number of halogens is 1. The molecule has 8 rings (SSSR count). The van der Waals surface area contributed by atoms with E-state index >= 15 is 4.39 Å². The Hall–Kier alpha value is -5.95. The number of carbonyl (C=O) groups excluding carboxylic acids is 5. The third kappa shape index (κ3) is 8.08. The van der Waals surface area contributed by atoms with Crippen molar-refractivity contribution in [2.45, 2.75) is 76.5 Å². The molecule has 1 atom stereocenters. The molecule has 0 spiro atoms. The Labute approximate surface area is 335 Å². The second-order valence-corrected chi connectivity index (χ2v) is 15.9. The molecule has 0 radical (unpaired) electrons. The summed E-state index contributed by atoms with van der Waals surface area (Å²) in [6, 6.07) is 12.7. The van der Waals surface area contributed by atoms with Crippen molar-refractivity contribution in [1.29, 1.82) is 5.26 Å². The number of rotatable bonds is 9. The van der Waals surface area contributed by atoms with Crippen LogP contribution in [-0.2, 0) is 9.59 Å². The van der Waals surface area contributed by atoms with E-state index in [9.17, 15) is 24.0 Å². The summed E-state index contributed by atoms with van der Waals surface area (Å²) in [6.45, 7) is 6.99. The predicted molar refractivity (Wildman–Crippen MR) is 209 cm³/mol. The standard InChI is InChI=1S/C42H46FN9O6/c1-25-20-30(5-2-27(25)23-44)58-29-6-3-28(4-7-29)45-39(54)34-8-10-37(48-47-34)51-14-12-26(13-15-51)24-49-16-18-50(19-17-49)36-22-32-31(21-33(36)43)41(56)52(42(32)57)35-9-11-38(53)46-40(35)55/h2,5,8,10,20-22,26,28-29,35H,3-4,6-7,9,11-19,24H2,1H3,(H,45,54)(H,46,53,55)/t28-,29-,35?. The van der Waals surface area contributed by atoms with Crippen LogP contribution in [0.3, 0.4) is 0 Å². The lowest BCUT2D eigenvalue weighted by Crippen LogP contribution is -2.54. The second kappa shape index (κ2) is 16.5. The molecule has 5 aliphatic rings. The minimum Gasteiger partial charge on any atom is -0.490 e. The summed E-state index contributed by atoms with van der Waals surface area (Å²) >= 11 is 0. The van der Waals surface area contributed by atoms with Crippen molar-refractivity contribution >= 4 is 41.0 Å². The van der Waals surface area contributed by atoms with Crippen LogP contribution in [-0.4, -0.2) is 114 Å². The first-order valence-corrected chi connectivity index (χ1v) is 20.1. The summed E-state index contributed by atoms with van der Waals surface area (Å²) < 4.78 is 21.6. The lowest BCUT2D eigenvalue weighted by atomic mass is 9.92. The predicted octanol–water partition coefficient (Wildman–Crippen LogP) is 3.36. The number of nitrogens with one attached hydrogen (secondary N) is 2. The van der Waals surface area contributed by atoms with Crippen LogP contribution in [0.15, 0.2) is 42.5 Å². The van der Waals surface area contributed by atoms with Gasteiger partial charge in [-0.2, -0.15) is 5.26 Å². The first-order valence-electron chi connectivity index (χ1n) is 20.1. The molecule has 5 heterocycles. The van der Waals surface area contributed by atoms with Gasteiger partial charge in [0.2, 0.25) is 11.8 Å².